The van der Waals surface area contributed by atoms with Crippen molar-refractivity contribution in [3.8, 4) is 0 Å². The second-order valence-electron chi connectivity index (χ2n) is 5.16. The monoisotopic (exact) mass is 327 g/mol. The molecular weight excluding hydrogens is 306 g/mol. The molecule has 3 amide bonds. The van der Waals surface area contributed by atoms with Gasteiger partial charge in [0.15, 0.2) is 9.84 Å². The minimum Gasteiger partial charge on any atom is -0.352 e. The first kappa shape index (κ1) is 18.0. The Hall–Kier alpha value is -2.09. The highest BCUT2D eigenvalue weighted by Gasteiger charge is 2.25. The maximum absolute atomic E-state index is 12.3. The zero-order valence-electron chi connectivity index (χ0n) is 12.8. The van der Waals surface area contributed by atoms with E-state index in [1.165, 1.54) is 18.2 Å². The van der Waals surface area contributed by atoms with Crippen molar-refractivity contribution < 1.29 is 18.0 Å². The van der Waals surface area contributed by atoms with E-state index in [9.17, 15) is 18.0 Å². The second kappa shape index (κ2) is 7.26. The molecule has 0 heterocycles. The van der Waals surface area contributed by atoms with Gasteiger partial charge in [0.2, 0.25) is 5.91 Å². The number of urea groups is 1. The summed E-state index contributed by atoms with van der Waals surface area (Å²) >= 11 is 0. The minimum absolute atomic E-state index is 0.105. The summed E-state index contributed by atoms with van der Waals surface area (Å²) < 4.78 is 23.0. The Balaban J connectivity index is 2.96. The molecule has 0 aliphatic rings. The highest BCUT2D eigenvalue weighted by molar-refractivity contribution is 7.90. The molecular formula is C14H21N3O4S. The molecule has 0 aromatic heterocycles. The fraction of sp³-hybridized carbons (Fsp3) is 0.429. The van der Waals surface area contributed by atoms with Gasteiger partial charge in [0.1, 0.15) is 6.04 Å². The molecule has 8 heteroatoms. The normalized spacial score (nSPS) is 14.0. The van der Waals surface area contributed by atoms with Gasteiger partial charge in [0, 0.05) is 11.9 Å². The zero-order valence-corrected chi connectivity index (χ0v) is 13.6. The number of nitrogens with one attached hydrogen (secondary N) is 2. The van der Waals surface area contributed by atoms with Gasteiger partial charge < -0.3 is 16.4 Å². The number of primary amides is 1. The molecule has 0 bridgehead atoms. The van der Waals surface area contributed by atoms with E-state index in [1.807, 2.05) is 13.8 Å². The molecule has 0 radical (unpaired) electrons. The molecule has 0 fully saturated rings. The number of hydrogen-bond donors (Lipinski definition) is 3. The lowest BCUT2D eigenvalue weighted by Gasteiger charge is -2.22. The highest BCUT2D eigenvalue weighted by Crippen LogP contribution is 2.17. The largest absolute Gasteiger partial charge is 0.352 e. The first-order chi connectivity index (χ1) is 10.1. The SMILES string of the molecule is CC[C@H](C)[C@H](NC(N)=O)C(=O)Nc1cccc(S(C)(=O)=O)c1. The summed E-state index contributed by atoms with van der Waals surface area (Å²) in [6, 6.07) is 4.34. The van der Waals surface area contributed by atoms with Crippen LogP contribution in [0.5, 0.6) is 0 Å². The van der Waals surface area contributed by atoms with E-state index >= 15 is 0 Å². The van der Waals surface area contributed by atoms with Gasteiger partial charge in [-0.05, 0) is 24.1 Å². The standard InChI is InChI=1S/C14H21N3O4S/c1-4-9(2)12(17-14(15)19)13(18)16-10-6-5-7-11(8-10)22(3,20)21/h5-9,12H,4H2,1-3H3,(H,16,18)(H3,15,17,19)/t9-,12-/m0/s1. The average molecular weight is 327 g/mol. The topological polar surface area (TPSA) is 118 Å². The minimum atomic E-state index is -3.36. The van der Waals surface area contributed by atoms with Gasteiger partial charge in [-0.25, -0.2) is 13.2 Å². The van der Waals surface area contributed by atoms with Crippen molar-refractivity contribution in [2.24, 2.45) is 11.7 Å². The summed E-state index contributed by atoms with van der Waals surface area (Å²) in [7, 11) is -3.36. The van der Waals surface area contributed by atoms with Crippen LogP contribution in [-0.2, 0) is 14.6 Å². The van der Waals surface area contributed by atoms with Crippen molar-refractivity contribution >= 4 is 27.5 Å². The predicted octanol–water partition coefficient (Wildman–Crippen LogP) is 1.11. The molecule has 1 rings (SSSR count). The van der Waals surface area contributed by atoms with Crippen molar-refractivity contribution in [1.29, 1.82) is 0 Å². The molecule has 0 unspecified atom stereocenters. The molecule has 0 saturated carbocycles. The second-order valence-corrected chi connectivity index (χ2v) is 7.18. The zero-order chi connectivity index (χ0) is 16.9. The Morgan fingerprint density at radius 3 is 2.45 bits per heavy atom. The lowest BCUT2D eigenvalue weighted by Crippen LogP contribution is -2.49. The Labute approximate surface area is 130 Å². The van der Waals surface area contributed by atoms with Crippen LogP contribution in [0.4, 0.5) is 10.5 Å². The van der Waals surface area contributed by atoms with E-state index in [2.05, 4.69) is 10.6 Å². The third-order valence-corrected chi connectivity index (χ3v) is 4.43. The molecule has 122 valence electrons. The summed E-state index contributed by atoms with van der Waals surface area (Å²) in [5.74, 6) is -0.565. The number of amides is 3. The summed E-state index contributed by atoms with van der Waals surface area (Å²) in [5.41, 5.74) is 5.43. The number of anilines is 1. The quantitative estimate of drug-likeness (QED) is 0.725. The lowest BCUT2D eigenvalue weighted by atomic mass is 9.98. The van der Waals surface area contributed by atoms with Crippen LogP contribution in [0.15, 0.2) is 29.2 Å². The number of sulfone groups is 1. The lowest BCUT2D eigenvalue weighted by molar-refractivity contribution is -0.119. The van der Waals surface area contributed by atoms with E-state index in [1.54, 1.807) is 6.07 Å². The van der Waals surface area contributed by atoms with Gasteiger partial charge in [-0.2, -0.15) is 0 Å². The highest BCUT2D eigenvalue weighted by atomic mass is 32.2. The summed E-state index contributed by atoms with van der Waals surface area (Å²) in [6.45, 7) is 3.70. The van der Waals surface area contributed by atoms with Gasteiger partial charge in [-0.1, -0.05) is 26.3 Å². The van der Waals surface area contributed by atoms with E-state index in [-0.39, 0.29) is 10.8 Å². The van der Waals surface area contributed by atoms with Crippen molar-refractivity contribution in [2.75, 3.05) is 11.6 Å². The number of rotatable bonds is 6. The van der Waals surface area contributed by atoms with Crippen molar-refractivity contribution in [3.05, 3.63) is 24.3 Å². The summed E-state index contributed by atoms with van der Waals surface area (Å²) in [6.07, 6.45) is 1.76. The van der Waals surface area contributed by atoms with Crippen LogP contribution in [0.3, 0.4) is 0 Å². The maximum atomic E-state index is 12.3. The van der Waals surface area contributed by atoms with Crippen LogP contribution < -0.4 is 16.4 Å². The first-order valence-electron chi connectivity index (χ1n) is 6.82. The van der Waals surface area contributed by atoms with Gasteiger partial charge >= 0.3 is 6.03 Å². The van der Waals surface area contributed by atoms with Gasteiger partial charge in [-0.3, -0.25) is 4.79 Å². The number of hydrogen-bond acceptors (Lipinski definition) is 4. The van der Waals surface area contributed by atoms with Gasteiger partial charge in [-0.15, -0.1) is 0 Å². The molecule has 0 aliphatic heterocycles. The molecule has 4 N–H and O–H groups in total. The predicted molar refractivity (Wildman–Crippen MR) is 84.1 cm³/mol. The number of nitrogens with two attached hydrogens (primary N) is 1. The number of carbonyl (C=O) groups excluding carboxylic acids is 2. The number of benzene rings is 1. The Morgan fingerprint density at radius 2 is 1.95 bits per heavy atom. The fourth-order valence-corrected chi connectivity index (χ4v) is 2.55. The number of carbonyl (C=O) groups is 2. The Bertz CT molecular complexity index is 658. The summed E-state index contributed by atoms with van der Waals surface area (Å²) in [4.78, 5) is 23.4. The smallest absolute Gasteiger partial charge is 0.312 e. The van der Waals surface area contributed by atoms with Crippen LogP contribution in [0.1, 0.15) is 20.3 Å². The molecule has 0 aliphatic carbocycles. The van der Waals surface area contributed by atoms with Crippen LogP contribution >= 0.6 is 0 Å². The van der Waals surface area contributed by atoms with Crippen molar-refractivity contribution in [3.63, 3.8) is 0 Å². The van der Waals surface area contributed by atoms with E-state index in [0.29, 0.717) is 12.1 Å². The van der Waals surface area contributed by atoms with E-state index < -0.39 is 27.8 Å². The van der Waals surface area contributed by atoms with Crippen LogP contribution in [-0.4, -0.2) is 32.7 Å². The average Bonchev–Trinajstić information content (AvgIpc) is 2.43. The van der Waals surface area contributed by atoms with Gasteiger partial charge in [0.25, 0.3) is 0 Å². The molecule has 2 atom stereocenters. The molecule has 1 aromatic rings. The summed E-state index contributed by atoms with van der Waals surface area (Å²) in [5, 5.41) is 5.01. The maximum Gasteiger partial charge on any atom is 0.312 e. The van der Waals surface area contributed by atoms with E-state index in [0.717, 1.165) is 6.26 Å². The Morgan fingerprint density at radius 1 is 1.32 bits per heavy atom. The van der Waals surface area contributed by atoms with E-state index in [4.69, 9.17) is 5.73 Å². The molecule has 7 nitrogen and oxygen atoms in total. The molecule has 22 heavy (non-hydrogen) atoms. The van der Waals surface area contributed by atoms with Crippen molar-refractivity contribution in [1.82, 2.24) is 5.32 Å². The molecule has 1 aromatic carbocycles. The van der Waals surface area contributed by atoms with Gasteiger partial charge in [0.05, 0.1) is 4.90 Å². The van der Waals surface area contributed by atoms with Crippen molar-refractivity contribution in [2.45, 2.75) is 31.2 Å². The molecule has 0 spiro atoms. The molecule has 0 saturated heterocycles. The third-order valence-electron chi connectivity index (χ3n) is 3.32. The van der Waals surface area contributed by atoms with Crippen LogP contribution in [0, 0.1) is 5.92 Å². The fourth-order valence-electron chi connectivity index (χ4n) is 1.88. The first-order valence-corrected chi connectivity index (χ1v) is 8.71. The van der Waals surface area contributed by atoms with Crippen LogP contribution in [0.25, 0.3) is 0 Å². The van der Waals surface area contributed by atoms with Crippen LogP contribution in [0.2, 0.25) is 0 Å². The Kier molecular flexibility index (Phi) is 5.92. The third kappa shape index (κ3) is 5.03.